The number of nitrogens with zero attached hydrogens (tertiary/aromatic N) is 5. The van der Waals surface area contributed by atoms with Crippen molar-refractivity contribution in [3.63, 3.8) is 0 Å². The van der Waals surface area contributed by atoms with Crippen LogP contribution in [0.2, 0.25) is 0 Å². The molecule has 1 saturated heterocycles. The number of aromatic nitrogens is 2. The summed E-state index contributed by atoms with van der Waals surface area (Å²) in [5, 5.41) is 0. The van der Waals surface area contributed by atoms with Crippen molar-refractivity contribution in [2.75, 3.05) is 37.0 Å². The zero-order chi connectivity index (χ0) is 21.3. The normalized spacial score (nSPS) is 20.4. The Balaban J connectivity index is 1.52. The average molecular weight is 415 g/mol. The van der Waals surface area contributed by atoms with Crippen LogP contribution in [-0.2, 0) is 16.1 Å². The lowest BCUT2D eigenvalue weighted by Gasteiger charge is -2.28. The number of hydrogen-bond acceptors (Lipinski definition) is 7. The predicted octanol–water partition coefficient (Wildman–Crippen LogP) is 1.82. The number of para-hydroxylation sites is 1. The van der Waals surface area contributed by atoms with Gasteiger partial charge in [-0.1, -0.05) is 12.1 Å². The number of amides is 2. The second kappa shape index (κ2) is 8.23. The van der Waals surface area contributed by atoms with E-state index in [-0.39, 0.29) is 31.0 Å². The smallest absolute Gasteiger partial charge is 0.326 e. The Morgan fingerprint density at radius 1 is 1.37 bits per heavy atom. The molecule has 3 heterocycles. The maximum atomic E-state index is 13.9. The molecule has 1 aromatic carbocycles. The first-order chi connectivity index (χ1) is 14.5. The summed E-state index contributed by atoms with van der Waals surface area (Å²) in [7, 11) is 3.24. The van der Waals surface area contributed by atoms with E-state index < -0.39 is 12.0 Å². The molecule has 30 heavy (non-hydrogen) atoms. The summed E-state index contributed by atoms with van der Waals surface area (Å²) in [6.45, 7) is 0.945. The summed E-state index contributed by atoms with van der Waals surface area (Å²) >= 11 is 0. The number of likely N-dealkylation sites (tertiary alicyclic amines) is 1. The van der Waals surface area contributed by atoms with E-state index in [4.69, 9.17) is 9.47 Å². The Hall–Kier alpha value is -3.27. The molecule has 2 aromatic rings. The molecule has 9 nitrogen and oxygen atoms in total. The van der Waals surface area contributed by atoms with Crippen LogP contribution in [0.4, 0.5) is 20.7 Å². The van der Waals surface area contributed by atoms with Gasteiger partial charge in [-0.25, -0.2) is 19.2 Å². The molecule has 10 heteroatoms. The lowest BCUT2D eigenvalue weighted by atomic mass is 10.3. The first-order valence-electron chi connectivity index (χ1n) is 9.55. The Morgan fingerprint density at radius 2 is 2.17 bits per heavy atom. The van der Waals surface area contributed by atoms with Crippen LogP contribution in [0.15, 0.2) is 30.5 Å². The van der Waals surface area contributed by atoms with E-state index in [0.717, 1.165) is 0 Å². The fourth-order valence-corrected chi connectivity index (χ4v) is 3.71. The first-order valence-corrected chi connectivity index (χ1v) is 9.55. The number of fused-ring (bicyclic) bond motifs is 1. The molecule has 2 atom stereocenters. The molecule has 1 unspecified atom stereocenters. The minimum Gasteiger partial charge on any atom is -0.485 e. The van der Waals surface area contributed by atoms with Gasteiger partial charge in [0.25, 0.3) is 0 Å². The van der Waals surface area contributed by atoms with Crippen LogP contribution in [-0.4, -0.2) is 66.7 Å². The van der Waals surface area contributed by atoms with Crippen molar-refractivity contribution in [2.24, 2.45) is 0 Å². The fraction of sp³-hybridized carbons (Fsp3) is 0.400. The zero-order valence-corrected chi connectivity index (χ0v) is 16.7. The number of hydrogen-bond donors (Lipinski definition) is 0. The first kappa shape index (κ1) is 20.0. The molecule has 0 N–H and O–H groups in total. The number of aldehydes is 1. The molecule has 158 valence electrons. The summed E-state index contributed by atoms with van der Waals surface area (Å²) in [6, 6.07) is 5.83. The molecule has 2 amide bonds. The van der Waals surface area contributed by atoms with Crippen LogP contribution in [0.1, 0.15) is 12.2 Å². The van der Waals surface area contributed by atoms with Crippen molar-refractivity contribution in [3.05, 3.63) is 42.1 Å². The van der Waals surface area contributed by atoms with Gasteiger partial charge in [0, 0.05) is 27.1 Å². The molecule has 1 aromatic heterocycles. The third-order valence-electron chi connectivity index (χ3n) is 5.20. The van der Waals surface area contributed by atoms with Crippen LogP contribution >= 0.6 is 0 Å². The zero-order valence-electron chi connectivity index (χ0n) is 16.7. The Morgan fingerprint density at radius 3 is 2.90 bits per heavy atom. The van der Waals surface area contributed by atoms with E-state index in [1.54, 1.807) is 35.0 Å². The van der Waals surface area contributed by atoms with Gasteiger partial charge >= 0.3 is 6.03 Å². The molecular weight excluding hydrogens is 393 g/mol. The Kier molecular flexibility index (Phi) is 5.49. The van der Waals surface area contributed by atoms with E-state index >= 15 is 0 Å². The quantitative estimate of drug-likeness (QED) is 0.689. The lowest BCUT2D eigenvalue weighted by Crippen LogP contribution is -2.51. The minimum atomic E-state index is -0.828. The monoisotopic (exact) mass is 415 g/mol. The van der Waals surface area contributed by atoms with Crippen molar-refractivity contribution in [3.8, 4) is 5.75 Å². The summed E-state index contributed by atoms with van der Waals surface area (Å²) < 4.78 is 24.6. The predicted molar refractivity (Wildman–Crippen MR) is 106 cm³/mol. The number of urea groups is 1. The third-order valence-corrected chi connectivity index (χ3v) is 5.20. The van der Waals surface area contributed by atoms with Gasteiger partial charge in [-0.2, -0.15) is 0 Å². The van der Waals surface area contributed by atoms with Crippen LogP contribution in [0.25, 0.3) is 0 Å². The van der Waals surface area contributed by atoms with Gasteiger partial charge in [-0.15, -0.1) is 0 Å². The SMILES string of the molecule is COCc1ncc2c(n1)N(C)C(C=O)N2C(=O)N1CC[C@H](Oc2ccccc2F)C1. The molecule has 1 fully saturated rings. The molecule has 0 spiro atoms. The lowest BCUT2D eigenvalue weighted by molar-refractivity contribution is -0.108. The number of ether oxygens (including phenoxy) is 2. The highest BCUT2D eigenvalue weighted by molar-refractivity contribution is 6.02. The number of likely N-dealkylation sites (N-methyl/N-ethyl adjacent to an activating group) is 1. The number of methoxy groups -OCH3 is 1. The van der Waals surface area contributed by atoms with E-state index in [2.05, 4.69) is 9.97 Å². The van der Waals surface area contributed by atoms with Gasteiger partial charge in [0.2, 0.25) is 0 Å². The standard InChI is InChI=1S/C20H22FN5O4/c1-24-18(11-27)26(15-9-22-17(12-29-2)23-19(15)24)20(28)25-8-7-13(10-25)30-16-6-4-3-5-14(16)21/h3-6,9,11,13,18H,7-8,10,12H2,1-2H3/t13-,18?/m0/s1. The minimum absolute atomic E-state index is 0.160. The molecule has 4 rings (SSSR count). The van der Waals surface area contributed by atoms with E-state index in [0.29, 0.717) is 36.6 Å². The third kappa shape index (κ3) is 3.54. The molecule has 0 radical (unpaired) electrons. The maximum Gasteiger partial charge on any atom is 0.326 e. The van der Waals surface area contributed by atoms with Gasteiger partial charge in [0.05, 0.1) is 12.7 Å². The number of carbonyl (C=O) groups is 2. The van der Waals surface area contributed by atoms with E-state index in [1.807, 2.05) is 0 Å². The molecular formula is C20H22FN5O4. The molecule has 0 saturated carbocycles. The average Bonchev–Trinajstić information content (AvgIpc) is 3.32. The second-order valence-corrected chi connectivity index (χ2v) is 7.15. The summed E-state index contributed by atoms with van der Waals surface area (Å²) in [5.74, 6) is 0.665. The largest absolute Gasteiger partial charge is 0.485 e. The van der Waals surface area contributed by atoms with Crippen molar-refractivity contribution in [1.29, 1.82) is 0 Å². The van der Waals surface area contributed by atoms with Crippen LogP contribution in [0.3, 0.4) is 0 Å². The topological polar surface area (TPSA) is 88.1 Å². The number of benzene rings is 1. The second-order valence-electron chi connectivity index (χ2n) is 7.15. The van der Waals surface area contributed by atoms with Crippen LogP contribution in [0, 0.1) is 5.82 Å². The van der Waals surface area contributed by atoms with Gasteiger partial charge in [-0.3, -0.25) is 9.69 Å². The molecule has 0 bridgehead atoms. The summed E-state index contributed by atoms with van der Waals surface area (Å²) in [4.78, 5) is 38.3. The van der Waals surface area contributed by atoms with Crippen molar-refractivity contribution < 1.29 is 23.5 Å². The molecule has 0 aliphatic carbocycles. The van der Waals surface area contributed by atoms with E-state index in [1.165, 1.54) is 24.3 Å². The van der Waals surface area contributed by atoms with Gasteiger partial charge in [0.1, 0.15) is 18.4 Å². The van der Waals surface area contributed by atoms with Crippen molar-refractivity contribution in [1.82, 2.24) is 14.9 Å². The van der Waals surface area contributed by atoms with Gasteiger partial charge in [0.15, 0.2) is 35.7 Å². The van der Waals surface area contributed by atoms with Gasteiger partial charge < -0.3 is 19.3 Å². The molecule has 2 aliphatic heterocycles. The highest BCUT2D eigenvalue weighted by atomic mass is 19.1. The summed E-state index contributed by atoms with van der Waals surface area (Å²) in [6.07, 6.45) is 1.62. The highest BCUT2D eigenvalue weighted by Crippen LogP contribution is 2.37. The van der Waals surface area contributed by atoms with E-state index in [9.17, 15) is 14.0 Å². The Labute approximate surface area is 173 Å². The summed E-state index contributed by atoms with van der Waals surface area (Å²) in [5.41, 5.74) is 0.456. The number of carbonyl (C=O) groups excluding carboxylic acids is 2. The maximum absolute atomic E-state index is 13.9. The van der Waals surface area contributed by atoms with Crippen LogP contribution < -0.4 is 14.5 Å². The van der Waals surface area contributed by atoms with Crippen molar-refractivity contribution in [2.45, 2.75) is 25.3 Å². The van der Waals surface area contributed by atoms with Crippen molar-refractivity contribution >= 4 is 23.8 Å². The number of halogens is 1. The number of anilines is 2. The van der Waals surface area contributed by atoms with Crippen LogP contribution in [0.5, 0.6) is 5.75 Å². The van der Waals surface area contributed by atoms with Gasteiger partial charge in [-0.05, 0) is 12.1 Å². The number of rotatable bonds is 5. The molecule has 2 aliphatic rings. The fourth-order valence-electron chi connectivity index (χ4n) is 3.71. The highest BCUT2D eigenvalue weighted by Gasteiger charge is 2.42. The Bertz CT molecular complexity index is 959.